The van der Waals surface area contributed by atoms with Gasteiger partial charge in [0, 0.05) is 18.7 Å². The molecule has 2 bridgehead atoms. The topological polar surface area (TPSA) is 65.8 Å². The predicted octanol–water partition coefficient (Wildman–Crippen LogP) is 4.15. The van der Waals surface area contributed by atoms with Gasteiger partial charge in [-0.15, -0.1) is 11.3 Å². The number of nitrogens with one attached hydrogen (secondary N) is 1. The minimum Gasteiger partial charge on any atom is -0.304 e. The van der Waals surface area contributed by atoms with E-state index in [0.29, 0.717) is 17.5 Å². The Bertz CT molecular complexity index is 996. The van der Waals surface area contributed by atoms with E-state index < -0.39 is 5.92 Å². The van der Waals surface area contributed by atoms with Gasteiger partial charge in [0.2, 0.25) is 0 Å². The molecule has 0 radical (unpaired) electrons. The number of piperidine rings is 1. The molecule has 3 aliphatic rings. The third-order valence-electron chi connectivity index (χ3n) is 6.94. The molecule has 6 heteroatoms. The van der Waals surface area contributed by atoms with Crippen LogP contribution in [-0.2, 0) is 17.6 Å². The van der Waals surface area contributed by atoms with Crippen molar-refractivity contribution in [3.05, 3.63) is 40.8 Å². The average molecular weight is 410 g/mol. The molecule has 1 aromatic heterocycles. The molecule has 1 saturated heterocycles. The van der Waals surface area contributed by atoms with Gasteiger partial charge < -0.3 is 5.32 Å². The number of nitriles is 1. The molecule has 2 saturated carbocycles. The maximum atomic E-state index is 14.7. The van der Waals surface area contributed by atoms with Crippen molar-refractivity contribution >= 4 is 17.1 Å². The third-order valence-corrected chi connectivity index (χ3v) is 8.13. The van der Waals surface area contributed by atoms with E-state index in [4.69, 9.17) is 0 Å². The highest BCUT2D eigenvalue weighted by Crippen LogP contribution is 2.60. The van der Waals surface area contributed by atoms with Crippen molar-refractivity contribution in [2.45, 2.75) is 51.1 Å². The van der Waals surface area contributed by atoms with Crippen molar-refractivity contribution < 1.29 is 9.18 Å². The number of aryl methyl sites for hydroxylation is 1. The summed E-state index contributed by atoms with van der Waals surface area (Å²) in [5.41, 5.74) is 1.30. The summed E-state index contributed by atoms with van der Waals surface area (Å²) in [6.07, 6.45) is 5.47. The number of carbonyl (C=O) groups excluding carboxylic acids is 1. The van der Waals surface area contributed by atoms with E-state index in [1.165, 1.54) is 12.5 Å². The summed E-state index contributed by atoms with van der Waals surface area (Å²) >= 11 is 1.57. The van der Waals surface area contributed by atoms with Crippen LogP contribution in [0.25, 0.3) is 10.4 Å². The number of Topliss-reactive ketones (excluding diaryl/α,β-unsaturated/α-hetero) is 1. The van der Waals surface area contributed by atoms with Crippen molar-refractivity contribution in [2.24, 2.45) is 23.7 Å². The maximum Gasteiger partial charge on any atom is 0.151 e. The Balaban J connectivity index is 1.25. The zero-order valence-electron chi connectivity index (χ0n) is 16.4. The summed E-state index contributed by atoms with van der Waals surface area (Å²) < 4.78 is 14.7. The molecule has 29 heavy (non-hydrogen) atoms. The number of rotatable bonds is 7. The number of nitrogens with zero attached hydrogens (tertiary/aromatic N) is 2. The molecule has 0 amide bonds. The second-order valence-electron chi connectivity index (χ2n) is 8.69. The minimum atomic E-state index is -0.492. The van der Waals surface area contributed by atoms with Crippen LogP contribution < -0.4 is 5.32 Å². The van der Waals surface area contributed by atoms with Crippen molar-refractivity contribution in [3.63, 3.8) is 0 Å². The first-order valence-corrected chi connectivity index (χ1v) is 11.3. The number of thiazole rings is 1. The highest BCUT2D eigenvalue weighted by Gasteiger charge is 2.62. The number of benzene rings is 1. The van der Waals surface area contributed by atoms with Crippen LogP contribution in [0.5, 0.6) is 0 Å². The van der Waals surface area contributed by atoms with Crippen LogP contribution in [0.15, 0.2) is 24.4 Å². The van der Waals surface area contributed by atoms with Gasteiger partial charge in [0.15, 0.2) is 5.78 Å². The van der Waals surface area contributed by atoms with Crippen molar-refractivity contribution in [3.8, 4) is 16.5 Å². The number of hydrogen-bond donors (Lipinski definition) is 1. The Morgan fingerprint density at radius 1 is 1.38 bits per heavy atom. The molecule has 6 atom stereocenters. The van der Waals surface area contributed by atoms with Crippen molar-refractivity contribution in [2.75, 3.05) is 0 Å². The van der Waals surface area contributed by atoms with Gasteiger partial charge in [0.25, 0.3) is 0 Å². The van der Waals surface area contributed by atoms with Crippen LogP contribution in [0, 0.1) is 40.8 Å². The molecule has 1 aromatic carbocycles. The van der Waals surface area contributed by atoms with E-state index in [9.17, 15) is 14.4 Å². The quantitative estimate of drug-likeness (QED) is 0.746. The lowest BCUT2D eigenvalue weighted by atomic mass is 9.87. The van der Waals surface area contributed by atoms with Crippen LogP contribution in [0.3, 0.4) is 0 Å². The lowest BCUT2D eigenvalue weighted by Gasteiger charge is -2.22. The predicted molar refractivity (Wildman–Crippen MR) is 110 cm³/mol. The summed E-state index contributed by atoms with van der Waals surface area (Å²) in [6, 6.07) is 7.79. The lowest BCUT2D eigenvalue weighted by molar-refractivity contribution is -0.122. The van der Waals surface area contributed by atoms with Crippen LogP contribution in [0.1, 0.15) is 36.8 Å². The van der Waals surface area contributed by atoms with Gasteiger partial charge in [-0.1, -0.05) is 19.1 Å². The van der Waals surface area contributed by atoms with E-state index in [-0.39, 0.29) is 30.5 Å². The Hall–Kier alpha value is -2.10. The monoisotopic (exact) mass is 409 g/mol. The summed E-state index contributed by atoms with van der Waals surface area (Å²) in [6.45, 7) is 2.05. The van der Waals surface area contributed by atoms with E-state index >= 15 is 0 Å². The first-order valence-electron chi connectivity index (χ1n) is 10.5. The highest BCUT2D eigenvalue weighted by atomic mass is 32.1. The molecule has 1 aliphatic heterocycles. The Morgan fingerprint density at radius 3 is 2.90 bits per heavy atom. The SMILES string of the molecule is CCc1ncc(-c2ccc(C[C@@H](C#N)CC(=O)[C@H]3N[C@H]4C[C@@H]3[C@@H]3C[C@@H]34)c(F)c2)s1. The van der Waals surface area contributed by atoms with Gasteiger partial charge in [-0.25, -0.2) is 9.37 Å². The number of halogens is 1. The van der Waals surface area contributed by atoms with Gasteiger partial charge >= 0.3 is 0 Å². The Kier molecular flexibility index (Phi) is 4.76. The third kappa shape index (κ3) is 3.41. The molecule has 0 spiro atoms. The molecule has 2 aromatic rings. The van der Waals surface area contributed by atoms with E-state index in [0.717, 1.165) is 40.1 Å². The van der Waals surface area contributed by atoms with Gasteiger partial charge in [-0.2, -0.15) is 5.26 Å². The van der Waals surface area contributed by atoms with Crippen LogP contribution >= 0.6 is 11.3 Å². The van der Waals surface area contributed by atoms with Crippen molar-refractivity contribution in [1.82, 2.24) is 10.3 Å². The average Bonchev–Trinajstić information content (AvgIpc) is 3.09. The second-order valence-corrected chi connectivity index (χ2v) is 9.81. The number of carbonyl (C=O) groups is 1. The molecular formula is C23H24FN3OS. The summed E-state index contributed by atoms with van der Waals surface area (Å²) in [4.78, 5) is 18.1. The van der Waals surface area contributed by atoms with E-state index in [2.05, 4.69) is 16.4 Å². The molecule has 0 unspecified atom stereocenters. The smallest absolute Gasteiger partial charge is 0.151 e. The number of aromatic nitrogens is 1. The van der Waals surface area contributed by atoms with Crippen LogP contribution in [0.2, 0.25) is 0 Å². The fraction of sp³-hybridized carbons (Fsp3) is 0.522. The molecule has 1 N–H and O–H groups in total. The molecule has 4 nitrogen and oxygen atoms in total. The van der Waals surface area contributed by atoms with Crippen LogP contribution in [0.4, 0.5) is 4.39 Å². The van der Waals surface area contributed by atoms with Gasteiger partial charge in [-0.05, 0) is 60.6 Å². The maximum absolute atomic E-state index is 14.7. The number of fused-ring (bicyclic) bond motifs is 5. The zero-order valence-corrected chi connectivity index (χ0v) is 17.2. The first-order chi connectivity index (χ1) is 14.1. The zero-order chi connectivity index (χ0) is 20.1. The largest absolute Gasteiger partial charge is 0.304 e. The van der Waals surface area contributed by atoms with Gasteiger partial charge in [0.05, 0.1) is 27.9 Å². The molecule has 2 heterocycles. The minimum absolute atomic E-state index is 0.0917. The fourth-order valence-corrected chi connectivity index (χ4v) is 6.22. The Morgan fingerprint density at radius 2 is 2.24 bits per heavy atom. The van der Waals surface area contributed by atoms with E-state index in [1.54, 1.807) is 23.6 Å². The Labute approximate surface area is 174 Å². The molecule has 2 aliphatic carbocycles. The standard InChI is InChI=1S/C23H24FN3OS/c1-2-22-26-11-21(29-22)14-4-3-13(18(24)7-14)5-12(10-25)6-20(28)23-17-9-19(27-23)16-8-15(16)17/h3-4,7,11-12,15-17,19,23,27H,2,5-6,8-9H2,1H3/t12-,15-,16+,17-,19+,23+/m1/s1. The van der Waals surface area contributed by atoms with Gasteiger partial charge in [-0.3, -0.25) is 4.79 Å². The van der Waals surface area contributed by atoms with E-state index in [1.807, 2.05) is 13.0 Å². The summed E-state index contributed by atoms with van der Waals surface area (Å²) in [7, 11) is 0. The lowest BCUT2D eigenvalue weighted by Crippen LogP contribution is -2.43. The normalized spacial score (nSPS) is 30.0. The fourth-order valence-electron chi connectivity index (χ4n) is 5.37. The summed E-state index contributed by atoms with van der Waals surface area (Å²) in [5.74, 6) is 1.29. The first kappa shape index (κ1) is 18.9. The van der Waals surface area contributed by atoms with Crippen LogP contribution in [-0.4, -0.2) is 22.9 Å². The summed E-state index contributed by atoms with van der Waals surface area (Å²) in [5, 5.41) is 14.1. The molecule has 150 valence electrons. The molecule has 5 rings (SSSR count). The highest BCUT2D eigenvalue weighted by molar-refractivity contribution is 7.15. The van der Waals surface area contributed by atoms with Crippen molar-refractivity contribution in [1.29, 1.82) is 5.26 Å². The molecular weight excluding hydrogens is 385 g/mol. The second kappa shape index (κ2) is 7.30. The number of ketones is 1. The molecule has 3 fully saturated rings. The van der Waals surface area contributed by atoms with Gasteiger partial charge in [0.1, 0.15) is 5.82 Å². The number of hydrogen-bond acceptors (Lipinski definition) is 5.